The van der Waals surface area contributed by atoms with Crippen molar-refractivity contribution >= 4 is 17.3 Å². The number of likely N-dealkylation sites (N-methyl/N-ethyl adjacent to an activating group) is 1. The van der Waals surface area contributed by atoms with E-state index in [2.05, 4.69) is 16.3 Å². The molecule has 1 saturated carbocycles. The van der Waals surface area contributed by atoms with E-state index < -0.39 is 0 Å². The normalized spacial score (nSPS) is 18.8. The van der Waals surface area contributed by atoms with E-state index in [1.54, 1.807) is 0 Å². The van der Waals surface area contributed by atoms with E-state index in [0.717, 1.165) is 50.1 Å². The summed E-state index contributed by atoms with van der Waals surface area (Å²) >= 11 is 0. The molecule has 2 aliphatic rings. The largest absolute Gasteiger partial charge is 0.396 e. The maximum atomic E-state index is 12.2. The number of aliphatic hydroxyl groups is 1. The van der Waals surface area contributed by atoms with Crippen LogP contribution in [0.25, 0.3) is 0 Å². The van der Waals surface area contributed by atoms with Gasteiger partial charge in [-0.1, -0.05) is 12.1 Å². The fraction of sp³-hybridized carbons (Fsp3) is 0.611. The number of hydrogen-bond acceptors (Lipinski definition) is 4. The number of anilines is 2. The van der Waals surface area contributed by atoms with Crippen molar-refractivity contribution in [3.63, 3.8) is 0 Å². The first-order chi connectivity index (χ1) is 11.2. The van der Waals surface area contributed by atoms with Gasteiger partial charge in [0.15, 0.2) is 0 Å². The Balaban J connectivity index is 1.60. The average Bonchev–Trinajstić information content (AvgIpc) is 3.44. The Morgan fingerprint density at radius 1 is 1.26 bits per heavy atom. The Morgan fingerprint density at radius 3 is 2.61 bits per heavy atom. The van der Waals surface area contributed by atoms with E-state index in [0.29, 0.717) is 18.5 Å². The zero-order valence-corrected chi connectivity index (χ0v) is 13.9. The van der Waals surface area contributed by atoms with E-state index in [1.165, 1.54) is 0 Å². The molecule has 0 atom stereocenters. The number of aliphatic hydroxyl groups excluding tert-OH is 1. The third-order valence-electron chi connectivity index (χ3n) is 5.04. The third kappa shape index (κ3) is 3.96. The Bertz CT molecular complexity index is 537. The van der Waals surface area contributed by atoms with Gasteiger partial charge in [0, 0.05) is 32.8 Å². The molecule has 1 aromatic carbocycles. The van der Waals surface area contributed by atoms with Gasteiger partial charge < -0.3 is 20.2 Å². The second-order valence-electron chi connectivity index (χ2n) is 6.72. The number of hydrogen-bond donors (Lipinski definition) is 2. The molecule has 3 rings (SSSR count). The number of carbonyl (C=O) groups excluding carboxylic acids is 1. The van der Waals surface area contributed by atoms with Crippen LogP contribution in [0.1, 0.15) is 25.7 Å². The number of benzene rings is 1. The lowest BCUT2D eigenvalue weighted by Gasteiger charge is -2.34. The molecule has 1 heterocycles. The Kier molecular flexibility index (Phi) is 5.06. The molecule has 1 aliphatic heterocycles. The predicted molar refractivity (Wildman–Crippen MR) is 92.7 cm³/mol. The number of carbonyl (C=O) groups is 1. The molecule has 1 amide bonds. The molecular formula is C18H27N3O2. The lowest BCUT2D eigenvalue weighted by molar-refractivity contribution is -0.128. The number of rotatable bonds is 6. The van der Waals surface area contributed by atoms with Gasteiger partial charge in [-0.05, 0) is 43.7 Å². The lowest BCUT2D eigenvalue weighted by Crippen LogP contribution is -2.36. The van der Waals surface area contributed by atoms with E-state index in [4.69, 9.17) is 0 Å². The zero-order valence-electron chi connectivity index (χ0n) is 13.9. The SMILES string of the molecule is CN(C(=O)CNc1ccccc1N1CCC(CO)CC1)C1CC1. The highest BCUT2D eigenvalue weighted by molar-refractivity contribution is 5.83. The van der Waals surface area contributed by atoms with E-state index in [9.17, 15) is 9.90 Å². The highest BCUT2D eigenvalue weighted by atomic mass is 16.3. The Morgan fingerprint density at radius 2 is 1.96 bits per heavy atom. The quantitative estimate of drug-likeness (QED) is 0.842. The molecule has 0 aromatic heterocycles. The zero-order chi connectivity index (χ0) is 16.2. The first kappa shape index (κ1) is 16.1. The molecule has 5 nitrogen and oxygen atoms in total. The van der Waals surface area contributed by atoms with Crippen molar-refractivity contribution in [1.82, 2.24) is 4.90 Å². The van der Waals surface area contributed by atoms with Crippen LogP contribution in [0.4, 0.5) is 11.4 Å². The molecule has 23 heavy (non-hydrogen) atoms. The topological polar surface area (TPSA) is 55.8 Å². The van der Waals surface area contributed by atoms with Crippen molar-refractivity contribution in [3.05, 3.63) is 24.3 Å². The van der Waals surface area contributed by atoms with Crippen LogP contribution in [0.15, 0.2) is 24.3 Å². The van der Waals surface area contributed by atoms with Gasteiger partial charge in [0.2, 0.25) is 5.91 Å². The Hall–Kier alpha value is -1.75. The summed E-state index contributed by atoms with van der Waals surface area (Å²) < 4.78 is 0. The summed E-state index contributed by atoms with van der Waals surface area (Å²) in [5.41, 5.74) is 2.18. The molecule has 5 heteroatoms. The third-order valence-corrected chi connectivity index (χ3v) is 5.04. The van der Waals surface area contributed by atoms with Crippen molar-refractivity contribution in [2.24, 2.45) is 5.92 Å². The number of para-hydroxylation sites is 2. The van der Waals surface area contributed by atoms with Crippen molar-refractivity contribution in [3.8, 4) is 0 Å². The van der Waals surface area contributed by atoms with E-state index in [1.807, 2.05) is 30.1 Å². The molecule has 1 aromatic rings. The summed E-state index contributed by atoms with van der Waals surface area (Å²) in [7, 11) is 1.90. The number of nitrogens with one attached hydrogen (secondary N) is 1. The molecule has 2 N–H and O–H groups in total. The van der Waals surface area contributed by atoms with Gasteiger partial charge in [-0.2, -0.15) is 0 Å². The minimum absolute atomic E-state index is 0.154. The molecular weight excluding hydrogens is 290 g/mol. The second-order valence-corrected chi connectivity index (χ2v) is 6.72. The van der Waals surface area contributed by atoms with Gasteiger partial charge >= 0.3 is 0 Å². The molecule has 2 fully saturated rings. The van der Waals surface area contributed by atoms with Crippen molar-refractivity contribution in [2.45, 2.75) is 31.7 Å². The maximum absolute atomic E-state index is 12.2. The average molecular weight is 317 g/mol. The summed E-state index contributed by atoms with van der Waals surface area (Å²) in [6.45, 7) is 2.55. The van der Waals surface area contributed by atoms with Crippen LogP contribution in [0.2, 0.25) is 0 Å². The van der Waals surface area contributed by atoms with Crippen LogP contribution in [-0.4, -0.2) is 55.2 Å². The predicted octanol–water partition coefficient (Wildman–Crippen LogP) is 1.93. The van der Waals surface area contributed by atoms with Gasteiger partial charge in [0.05, 0.1) is 17.9 Å². The van der Waals surface area contributed by atoms with Crippen molar-refractivity contribution < 1.29 is 9.90 Å². The van der Waals surface area contributed by atoms with Crippen LogP contribution in [0.5, 0.6) is 0 Å². The van der Waals surface area contributed by atoms with Crippen LogP contribution >= 0.6 is 0 Å². The van der Waals surface area contributed by atoms with Gasteiger partial charge in [-0.15, -0.1) is 0 Å². The van der Waals surface area contributed by atoms with Crippen molar-refractivity contribution in [1.29, 1.82) is 0 Å². The minimum Gasteiger partial charge on any atom is -0.396 e. The lowest BCUT2D eigenvalue weighted by atomic mass is 9.97. The molecule has 0 spiro atoms. The molecule has 1 saturated heterocycles. The van der Waals surface area contributed by atoms with E-state index in [-0.39, 0.29) is 12.5 Å². The molecule has 0 bridgehead atoms. The molecule has 1 aliphatic carbocycles. The molecule has 0 unspecified atom stereocenters. The van der Waals surface area contributed by atoms with Gasteiger partial charge in [0.25, 0.3) is 0 Å². The van der Waals surface area contributed by atoms with Gasteiger partial charge in [-0.25, -0.2) is 0 Å². The first-order valence-corrected chi connectivity index (χ1v) is 8.63. The first-order valence-electron chi connectivity index (χ1n) is 8.63. The standard InChI is InChI=1S/C18H27N3O2/c1-20(15-6-7-15)18(23)12-19-16-4-2-3-5-17(16)21-10-8-14(13-22)9-11-21/h2-5,14-15,19,22H,6-13H2,1H3. The summed E-state index contributed by atoms with van der Waals surface area (Å²) in [5, 5.41) is 12.6. The number of nitrogens with zero attached hydrogens (tertiary/aromatic N) is 2. The van der Waals surface area contributed by atoms with Gasteiger partial charge in [-0.3, -0.25) is 4.79 Å². The summed E-state index contributed by atoms with van der Waals surface area (Å²) in [5.74, 6) is 0.585. The maximum Gasteiger partial charge on any atom is 0.241 e. The van der Waals surface area contributed by atoms with Crippen LogP contribution in [-0.2, 0) is 4.79 Å². The Labute approximate surface area is 138 Å². The van der Waals surface area contributed by atoms with Gasteiger partial charge in [0.1, 0.15) is 0 Å². The highest BCUT2D eigenvalue weighted by Crippen LogP contribution is 2.30. The number of piperidine rings is 1. The fourth-order valence-corrected chi connectivity index (χ4v) is 3.22. The minimum atomic E-state index is 0.154. The van der Waals surface area contributed by atoms with Crippen molar-refractivity contribution in [2.75, 3.05) is 43.5 Å². The fourth-order valence-electron chi connectivity index (χ4n) is 3.22. The van der Waals surface area contributed by atoms with Crippen LogP contribution < -0.4 is 10.2 Å². The smallest absolute Gasteiger partial charge is 0.241 e. The monoisotopic (exact) mass is 317 g/mol. The summed E-state index contributed by atoms with van der Waals surface area (Å²) in [6.07, 6.45) is 4.32. The summed E-state index contributed by atoms with van der Waals surface area (Å²) in [4.78, 5) is 16.4. The molecule has 0 radical (unpaired) electrons. The van der Waals surface area contributed by atoms with Crippen LogP contribution in [0, 0.1) is 5.92 Å². The van der Waals surface area contributed by atoms with E-state index >= 15 is 0 Å². The summed E-state index contributed by atoms with van der Waals surface area (Å²) in [6, 6.07) is 8.64. The number of amides is 1. The van der Waals surface area contributed by atoms with Crippen LogP contribution in [0.3, 0.4) is 0 Å². The highest BCUT2D eigenvalue weighted by Gasteiger charge is 2.29. The molecule has 126 valence electrons. The second kappa shape index (κ2) is 7.21.